The molecule has 0 atom stereocenters. The summed E-state index contributed by atoms with van der Waals surface area (Å²) in [4.78, 5) is 0. The van der Waals surface area contributed by atoms with Gasteiger partial charge in [-0.25, -0.2) is 0 Å². The van der Waals surface area contributed by atoms with E-state index in [9.17, 15) is 0 Å². The second-order valence-electron chi connectivity index (χ2n) is 2.46. The van der Waals surface area contributed by atoms with Crippen LogP contribution in [0.3, 0.4) is 0 Å². The van der Waals surface area contributed by atoms with Crippen molar-refractivity contribution >= 4 is 11.9 Å². The first kappa shape index (κ1) is 10.0. The Bertz CT molecular complexity index is 344. The Morgan fingerprint density at radius 3 is 2.36 bits per heavy atom. The molecule has 0 heterocycles. The fraction of sp³-hybridized carbons (Fsp3) is 0.111. The van der Waals surface area contributed by atoms with Crippen LogP contribution in [0.25, 0.3) is 0 Å². The molecule has 1 aromatic rings. The predicted octanol–water partition coefficient (Wildman–Crippen LogP) is 1.33. The smallest absolute Gasteiger partial charge is 0.131 e. The summed E-state index contributed by atoms with van der Waals surface area (Å²) in [6.45, 7) is 0. The van der Waals surface area contributed by atoms with Crippen molar-refractivity contribution in [3.8, 4) is 5.75 Å². The molecule has 0 radical (unpaired) electrons. The number of hydrogen-bond donors (Lipinski definition) is 2. The lowest BCUT2D eigenvalue weighted by molar-refractivity contribution is 0.316. The zero-order valence-corrected chi connectivity index (χ0v) is 7.58. The molecule has 14 heavy (non-hydrogen) atoms. The van der Waals surface area contributed by atoms with Gasteiger partial charge in [-0.15, -0.1) is 0 Å². The Labute approximate surface area is 80.9 Å². The second-order valence-corrected chi connectivity index (χ2v) is 2.46. The van der Waals surface area contributed by atoms with E-state index in [2.05, 4.69) is 10.3 Å². The number of ether oxygens (including phenoxy) is 1. The highest BCUT2D eigenvalue weighted by Gasteiger charge is 2.01. The normalized spacial score (nSPS) is 11.9. The molecule has 0 aliphatic rings. The van der Waals surface area contributed by atoms with Crippen LogP contribution < -0.4 is 4.74 Å². The monoisotopic (exact) mass is 194 g/mol. The quantitative estimate of drug-likeness (QED) is 0.433. The maximum atomic E-state index is 8.59. The molecule has 0 aliphatic heterocycles. The summed E-state index contributed by atoms with van der Waals surface area (Å²) in [6, 6.07) is 6.81. The Balaban J connectivity index is 2.96. The molecule has 1 aromatic carbocycles. The lowest BCUT2D eigenvalue weighted by Crippen LogP contribution is -2.02. The molecule has 0 saturated heterocycles. The summed E-state index contributed by atoms with van der Waals surface area (Å²) in [5.41, 5.74) is 0.807. The van der Waals surface area contributed by atoms with Crippen LogP contribution in [0, 0.1) is 0 Å². The van der Waals surface area contributed by atoms with Gasteiger partial charge in [0.05, 0.1) is 13.3 Å². The maximum Gasteiger partial charge on any atom is 0.131 e. The van der Waals surface area contributed by atoms with Crippen molar-refractivity contribution in [3.63, 3.8) is 0 Å². The van der Waals surface area contributed by atoms with E-state index in [1.54, 1.807) is 31.4 Å². The Morgan fingerprint density at radius 2 is 1.93 bits per heavy atom. The van der Waals surface area contributed by atoms with Crippen molar-refractivity contribution < 1.29 is 15.2 Å². The van der Waals surface area contributed by atoms with Crippen LogP contribution in [-0.4, -0.2) is 29.5 Å². The lowest BCUT2D eigenvalue weighted by Gasteiger charge is -2.01. The Hall–Kier alpha value is -2.04. The SMILES string of the molecule is COc1ccc(C(C=NO)=NO)cc1. The number of nitrogens with zero attached hydrogens (tertiary/aromatic N) is 2. The fourth-order valence-corrected chi connectivity index (χ4v) is 0.975. The summed E-state index contributed by atoms with van der Waals surface area (Å²) in [6.07, 6.45) is 1.04. The minimum absolute atomic E-state index is 0.176. The zero-order valence-electron chi connectivity index (χ0n) is 7.58. The summed E-state index contributed by atoms with van der Waals surface area (Å²) in [5.74, 6) is 0.701. The van der Waals surface area contributed by atoms with Gasteiger partial charge in [0, 0.05) is 5.56 Å². The summed E-state index contributed by atoms with van der Waals surface area (Å²) in [7, 11) is 1.56. The van der Waals surface area contributed by atoms with Crippen molar-refractivity contribution in [2.45, 2.75) is 0 Å². The van der Waals surface area contributed by atoms with Gasteiger partial charge < -0.3 is 15.2 Å². The van der Waals surface area contributed by atoms with Crippen LogP contribution >= 0.6 is 0 Å². The number of methoxy groups -OCH3 is 1. The van der Waals surface area contributed by atoms with Crippen LogP contribution in [0.4, 0.5) is 0 Å². The van der Waals surface area contributed by atoms with E-state index in [0.717, 1.165) is 6.21 Å². The lowest BCUT2D eigenvalue weighted by atomic mass is 10.1. The summed E-state index contributed by atoms with van der Waals surface area (Å²) < 4.78 is 4.96. The molecule has 0 bridgehead atoms. The van der Waals surface area contributed by atoms with Crippen LogP contribution in [0.5, 0.6) is 5.75 Å². The van der Waals surface area contributed by atoms with Crippen molar-refractivity contribution in [2.24, 2.45) is 10.3 Å². The standard InChI is InChI=1S/C9H10N2O3/c1-14-8-4-2-7(3-5-8)9(11-13)6-10-12/h2-6,12-13H,1H3. The molecule has 0 unspecified atom stereocenters. The first-order chi connectivity index (χ1) is 6.81. The molecular formula is C9H10N2O3. The van der Waals surface area contributed by atoms with Crippen LogP contribution in [-0.2, 0) is 0 Å². The third-order valence-electron chi connectivity index (χ3n) is 1.67. The first-order valence-corrected chi connectivity index (χ1v) is 3.85. The van der Waals surface area contributed by atoms with E-state index in [4.69, 9.17) is 15.2 Å². The van der Waals surface area contributed by atoms with Crippen LogP contribution in [0.1, 0.15) is 5.56 Å². The van der Waals surface area contributed by atoms with Gasteiger partial charge in [0.25, 0.3) is 0 Å². The van der Waals surface area contributed by atoms with Crippen molar-refractivity contribution in [2.75, 3.05) is 7.11 Å². The third-order valence-corrected chi connectivity index (χ3v) is 1.67. The molecule has 0 spiro atoms. The largest absolute Gasteiger partial charge is 0.497 e. The van der Waals surface area contributed by atoms with E-state index in [0.29, 0.717) is 11.3 Å². The number of rotatable bonds is 3. The average Bonchev–Trinajstić information content (AvgIpc) is 2.26. The molecule has 0 saturated carbocycles. The van der Waals surface area contributed by atoms with Gasteiger partial charge in [-0.05, 0) is 24.3 Å². The number of hydrogen-bond acceptors (Lipinski definition) is 5. The molecule has 1 rings (SSSR count). The molecule has 74 valence electrons. The van der Waals surface area contributed by atoms with E-state index in [1.807, 2.05) is 0 Å². The predicted molar refractivity (Wildman–Crippen MR) is 51.6 cm³/mol. The molecule has 0 aromatic heterocycles. The number of oxime groups is 2. The third kappa shape index (κ3) is 2.22. The minimum Gasteiger partial charge on any atom is -0.497 e. The average molecular weight is 194 g/mol. The van der Waals surface area contributed by atoms with E-state index < -0.39 is 0 Å². The van der Waals surface area contributed by atoms with Gasteiger partial charge in [-0.2, -0.15) is 0 Å². The molecular weight excluding hydrogens is 184 g/mol. The zero-order chi connectivity index (χ0) is 10.4. The topological polar surface area (TPSA) is 74.4 Å². The van der Waals surface area contributed by atoms with Crippen molar-refractivity contribution in [1.82, 2.24) is 0 Å². The molecule has 2 N–H and O–H groups in total. The highest BCUT2D eigenvalue weighted by molar-refractivity contribution is 6.37. The molecule has 0 fully saturated rings. The van der Waals surface area contributed by atoms with E-state index in [1.165, 1.54) is 0 Å². The van der Waals surface area contributed by atoms with Crippen LogP contribution in [0.15, 0.2) is 34.6 Å². The van der Waals surface area contributed by atoms with Gasteiger partial charge in [0.15, 0.2) is 0 Å². The van der Waals surface area contributed by atoms with Crippen molar-refractivity contribution in [3.05, 3.63) is 29.8 Å². The van der Waals surface area contributed by atoms with E-state index >= 15 is 0 Å². The van der Waals surface area contributed by atoms with Gasteiger partial charge in [0.1, 0.15) is 11.5 Å². The van der Waals surface area contributed by atoms with Crippen molar-refractivity contribution in [1.29, 1.82) is 0 Å². The summed E-state index contributed by atoms with van der Waals surface area (Å²) in [5, 5.41) is 22.6. The van der Waals surface area contributed by atoms with Gasteiger partial charge in [0.2, 0.25) is 0 Å². The minimum atomic E-state index is 0.176. The van der Waals surface area contributed by atoms with E-state index in [-0.39, 0.29) is 5.71 Å². The maximum absolute atomic E-state index is 8.59. The van der Waals surface area contributed by atoms with Gasteiger partial charge in [-0.1, -0.05) is 10.3 Å². The molecule has 0 aliphatic carbocycles. The first-order valence-electron chi connectivity index (χ1n) is 3.85. The Kier molecular flexibility index (Phi) is 3.49. The summed E-state index contributed by atoms with van der Waals surface area (Å²) >= 11 is 0. The molecule has 0 amide bonds. The second kappa shape index (κ2) is 4.86. The highest BCUT2D eigenvalue weighted by atomic mass is 16.5. The van der Waals surface area contributed by atoms with Gasteiger partial charge in [-0.3, -0.25) is 0 Å². The fourth-order valence-electron chi connectivity index (χ4n) is 0.975. The molecule has 5 nitrogen and oxygen atoms in total. The Morgan fingerprint density at radius 1 is 1.29 bits per heavy atom. The molecule has 5 heteroatoms. The highest BCUT2D eigenvalue weighted by Crippen LogP contribution is 2.11. The number of benzene rings is 1. The van der Waals surface area contributed by atoms with Crippen LogP contribution in [0.2, 0.25) is 0 Å². The van der Waals surface area contributed by atoms with Gasteiger partial charge >= 0.3 is 0 Å².